The van der Waals surface area contributed by atoms with Crippen molar-refractivity contribution in [1.82, 2.24) is 4.98 Å². The van der Waals surface area contributed by atoms with Crippen molar-refractivity contribution in [3.05, 3.63) is 71.0 Å². The number of furan rings is 1. The maximum Gasteiger partial charge on any atom is 0.266 e. The monoisotopic (exact) mass is 481 g/mol. The molecule has 0 spiro atoms. The highest BCUT2D eigenvalue weighted by Gasteiger charge is 2.13. The molecule has 2 heterocycles. The molecule has 0 fully saturated rings. The van der Waals surface area contributed by atoms with Crippen LogP contribution >= 0.6 is 34.7 Å². The van der Waals surface area contributed by atoms with Crippen LogP contribution in [0.4, 0.5) is 5.69 Å². The minimum absolute atomic E-state index is 0.0840. The molecule has 0 saturated heterocycles. The van der Waals surface area contributed by atoms with Gasteiger partial charge in [-0.15, -0.1) is 11.3 Å². The fraction of sp³-hybridized carbons (Fsp3) is 0.0870. The second-order valence-corrected chi connectivity index (χ2v) is 9.15. The third-order valence-corrected chi connectivity index (χ3v) is 6.41. The molecule has 0 atom stereocenters. The SMILES string of the molecule is CCOc1ccc2nc(Sc3ccc(/C=C(\C#N)C(=O)Nc4cccc(Cl)c4)o3)sc2c1. The normalized spacial score (nSPS) is 11.3. The van der Waals surface area contributed by atoms with Crippen LogP contribution in [0.25, 0.3) is 16.3 Å². The number of carbonyl (C=O) groups is 1. The standard InChI is InChI=1S/C23H16ClN3O3S2/c1-2-29-17-6-8-19-20(12-17)31-23(27-19)32-21-9-7-18(30-21)10-14(13-25)22(28)26-16-5-3-4-15(24)11-16/h3-12H,2H2,1H3,(H,26,28)/b14-10+. The van der Waals surface area contributed by atoms with Gasteiger partial charge < -0.3 is 14.5 Å². The highest BCUT2D eigenvalue weighted by atomic mass is 35.5. The van der Waals surface area contributed by atoms with Crippen molar-refractivity contribution in [1.29, 1.82) is 5.26 Å². The Bertz CT molecular complexity index is 1350. The molecule has 0 unspecified atom stereocenters. The van der Waals surface area contributed by atoms with Crippen molar-refractivity contribution in [2.24, 2.45) is 0 Å². The first-order valence-corrected chi connectivity index (χ1v) is 11.5. The van der Waals surface area contributed by atoms with E-state index >= 15 is 0 Å². The predicted octanol–water partition coefficient (Wildman–Crippen LogP) is 6.64. The predicted molar refractivity (Wildman–Crippen MR) is 127 cm³/mol. The van der Waals surface area contributed by atoms with E-state index in [2.05, 4.69) is 10.3 Å². The molecule has 6 nitrogen and oxygen atoms in total. The molecule has 0 aliphatic rings. The first kappa shape index (κ1) is 22.0. The molecule has 160 valence electrons. The number of amides is 1. The number of ether oxygens (including phenoxy) is 1. The van der Waals surface area contributed by atoms with Gasteiger partial charge in [-0.05, 0) is 67.2 Å². The average molecular weight is 482 g/mol. The molecule has 9 heteroatoms. The minimum atomic E-state index is -0.545. The number of nitriles is 1. The van der Waals surface area contributed by atoms with Crippen LogP contribution in [-0.4, -0.2) is 17.5 Å². The summed E-state index contributed by atoms with van der Waals surface area (Å²) in [5.41, 5.74) is 1.30. The molecular weight excluding hydrogens is 466 g/mol. The average Bonchev–Trinajstić information content (AvgIpc) is 3.38. The third kappa shape index (κ3) is 5.32. The van der Waals surface area contributed by atoms with E-state index in [1.165, 1.54) is 29.2 Å². The Morgan fingerprint density at radius 2 is 2.19 bits per heavy atom. The van der Waals surface area contributed by atoms with Crippen molar-refractivity contribution < 1.29 is 13.9 Å². The van der Waals surface area contributed by atoms with Gasteiger partial charge in [0.25, 0.3) is 5.91 Å². The van der Waals surface area contributed by atoms with E-state index in [0.717, 1.165) is 20.3 Å². The van der Waals surface area contributed by atoms with Gasteiger partial charge in [-0.25, -0.2) is 4.98 Å². The molecule has 0 saturated carbocycles. The van der Waals surface area contributed by atoms with Crippen LogP contribution < -0.4 is 10.1 Å². The number of nitrogens with zero attached hydrogens (tertiary/aromatic N) is 2. The molecule has 32 heavy (non-hydrogen) atoms. The lowest BCUT2D eigenvalue weighted by molar-refractivity contribution is -0.112. The van der Waals surface area contributed by atoms with Gasteiger partial charge in [-0.2, -0.15) is 5.26 Å². The first-order valence-electron chi connectivity index (χ1n) is 9.54. The Morgan fingerprint density at radius 3 is 2.97 bits per heavy atom. The lowest BCUT2D eigenvalue weighted by Crippen LogP contribution is -2.13. The summed E-state index contributed by atoms with van der Waals surface area (Å²) in [5, 5.41) is 13.1. The maximum atomic E-state index is 12.4. The number of halogens is 1. The fourth-order valence-electron chi connectivity index (χ4n) is 2.79. The molecular formula is C23H16ClN3O3S2. The molecule has 2 aromatic heterocycles. The number of thiazole rings is 1. The van der Waals surface area contributed by atoms with E-state index in [1.807, 2.05) is 31.2 Å². The first-order chi connectivity index (χ1) is 15.5. The molecule has 4 aromatic rings. The molecule has 0 radical (unpaired) electrons. The van der Waals surface area contributed by atoms with Crippen molar-refractivity contribution >= 4 is 62.6 Å². The van der Waals surface area contributed by atoms with E-state index in [0.29, 0.717) is 28.2 Å². The van der Waals surface area contributed by atoms with Gasteiger partial charge in [0.15, 0.2) is 9.43 Å². The van der Waals surface area contributed by atoms with Gasteiger partial charge in [-0.1, -0.05) is 17.7 Å². The number of anilines is 1. The summed E-state index contributed by atoms with van der Waals surface area (Å²) in [5.74, 6) is 0.660. The Hall–Kier alpha value is -3.25. The third-order valence-electron chi connectivity index (χ3n) is 4.18. The number of carbonyl (C=O) groups excluding carboxylic acids is 1. The zero-order valence-corrected chi connectivity index (χ0v) is 19.2. The maximum absolute atomic E-state index is 12.4. The molecule has 0 bridgehead atoms. The molecule has 1 amide bonds. The van der Waals surface area contributed by atoms with E-state index in [-0.39, 0.29) is 5.57 Å². The zero-order valence-electron chi connectivity index (χ0n) is 16.8. The molecule has 4 rings (SSSR count). The molecule has 0 aliphatic carbocycles. The van der Waals surface area contributed by atoms with Crippen LogP contribution in [-0.2, 0) is 4.79 Å². The zero-order chi connectivity index (χ0) is 22.5. The van der Waals surface area contributed by atoms with E-state index in [4.69, 9.17) is 20.8 Å². The summed E-state index contributed by atoms with van der Waals surface area (Å²) in [6.07, 6.45) is 1.40. The summed E-state index contributed by atoms with van der Waals surface area (Å²) >= 11 is 8.84. The number of aromatic nitrogens is 1. The van der Waals surface area contributed by atoms with Crippen LogP contribution in [0.5, 0.6) is 5.75 Å². The number of rotatable bonds is 7. The van der Waals surface area contributed by atoms with Crippen molar-refractivity contribution in [3.8, 4) is 11.8 Å². The Balaban J connectivity index is 1.47. The van der Waals surface area contributed by atoms with Crippen LogP contribution in [0.2, 0.25) is 5.02 Å². The largest absolute Gasteiger partial charge is 0.494 e. The Morgan fingerprint density at radius 1 is 1.31 bits per heavy atom. The smallest absolute Gasteiger partial charge is 0.266 e. The number of fused-ring (bicyclic) bond motifs is 1. The topological polar surface area (TPSA) is 88.1 Å². The molecule has 0 aliphatic heterocycles. The van der Waals surface area contributed by atoms with E-state index < -0.39 is 5.91 Å². The number of benzene rings is 2. The summed E-state index contributed by atoms with van der Waals surface area (Å²) in [4.78, 5) is 17.0. The molecule has 2 aromatic carbocycles. The quantitative estimate of drug-likeness (QED) is 0.235. The van der Waals surface area contributed by atoms with Crippen LogP contribution in [0.1, 0.15) is 12.7 Å². The Labute approximate surface area is 197 Å². The van der Waals surface area contributed by atoms with Crippen molar-refractivity contribution in [2.45, 2.75) is 16.4 Å². The van der Waals surface area contributed by atoms with Gasteiger partial charge >= 0.3 is 0 Å². The van der Waals surface area contributed by atoms with Gasteiger partial charge in [-0.3, -0.25) is 4.79 Å². The fourth-order valence-corrected chi connectivity index (χ4v) is 4.98. The van der Waals surface area contributed by atoms with Gasteiger partial charge in [0, 0.05) is 16.8 Å². The van der Waals surface area contributed by atoms with Crippen LogP contribution in [0.15, 0.2) is 74.0 Å². The van der Waals surface area contributed by atoms with E-state index in [9.17, 15) is 10.1 Å². The lowest BCUT2D eigenvalue weighted by Gasteiger charge is -2.04. The van der Waals surface area contributed by atoms with E-state index in [1.54, 1.807) is 36.4 Å². The lowest BCUT2D eigenvalue weighted by atomic mass is 10.2. The van der Waals surface area contributed by atoms with Crippen LogP contribution in [0.3, 0.4) is 0 Å². The van der Waals surface area contributed by atoms with Gasteiger partial charge in [0.2, 0.25) is 0 Å². The number of nitrogens with one attached hydrogen (secondary N) is 1. The highest BCUT2D eigenvalue weighted by molar-refractivity contribution is 8.01. The van der Waals surface area contributed by atoms with Gasteiger partial charge in [0.1, 0.15) is 23.2 Å². The second-order valence-electron chi connectivity index (χ2n) is 6.44. The molecule has 1 N–H and O–H groups in total. The summed E-state index contributed by atoms with van der Waals surface area (Å²) < 4.78 is 13.2. The number of hydrogen-bond acceptors (Lipinski definition) is 7. The summed E-state index contributed by atoms with van der Waals surface area (Å²) in [6.45, 7) is 2.55. The minimum Gasteiger partial charge on any atom is -0.494 e. The van der Waals surface area contributed by atoms with Gasteiger partial charge in [0.05, 0.1) is 16.8 Å². The summed E-state index contributed by atoms with van der Waals surface area (Å²) in [7, 11) is 0. The number of hydrogen-bond donors (Lipinski definition) is 1. The van der Waals surface area contributed by atoms with Crippen molar-refractivity contribution in [3.63, 3.8) is 0 Å². The van der Waals surface area contributed by atoms with Crippen LogP contribution in [0, 0.1) is 11.3 Å². The summed E-state index contributed by atoms with van der Waals surface area (Å²) in [6, 6.07) is 17.9. The van der Waals surface area contributed by atoms with Crippen molar-refractivity contribution in [2.75, 3.05) is 11.9 Å². The highest BCUT2D eigenvalue weighted by Crippen LogP contribution is 2.36. The second kappa shape index (κ2) is 9.92. The Kier molecular flexibility index (Phi) is 6.81.